The van der Waals surface area contributed by atoms with E-state index < -0.39 is 0 Å². The molecule has 1 heterocycles. The molecule has 0 fully saturated rings. The van der Waals surface area contributed by atoms with Gasteiger partial charge in [0.15, 0.2) is 5.96 Å². The number of nitrogens with two attached hydrogens (primary N) is 1. The Balaban J connectivity index is 0.00000196. The maximum Gasteiger partial charge on any atom is 0.188 e. The molecular formula is C10H18IN3S. The molecule has 0 radical (unpaired) electrons. The lowest BCUT2D eigenvalue weighted by molar-refractivity contribution is 0.662. The third kappa shape index (κ3) is 5.36. The smallest absolute Gasteiger partial charge is 0.188 e. The number of nitrogens with one attached hydrogen (secondary N) is 1. The summed E-state index contributed by atoms with van der Waals surface area (Å²) in [5.74, 6) is 0.505. The topological polar surface area (TPSA) is 50.4 Å². The van der Waals surface area contributed by atoms with Crippen molar-refractivity contribution in [3.05, 3.63) is 21.9 Å². The van der Waals surface area contributed by atoms with E-state index in [1.54, 1.807) is 7.05 Å². The standard InChI is InChI=1S/C10H17N3S.HI/c1-7(13-10(11)12-3)6-9-5-4-8(2)14-9;/h4-5,7H,6H2,1-3H3,(H3,11,12,13);1H. The van der Waals surface area contributed by atoms with Crippen LogP contribution in [0.1, 0.15) is 16.7 Å². The summed E-state index contributed by atoms with van der Waals surface area (Å²) in [4.78, 5) is 6.59. The highest BCUT2D eigenvalue weighted by atomic mass is 127. The van der Waals surface area contributed by atoms with Crippen LogP contribution in [-0.2, 0) is 6.42 Å². The quantitative estimate of drug-likeness (QED) is 0.504. The molecule has 0 amide bonds. The van der Waals surface area contributed by atoms with Gasteiger partial charge in [0.2, 0.25) is 0 Å². The Morgan fingerprint density at radius 1 is 1.60 bits per heavy atom. The first-order chi connectivity index (χ1) is 6.61. The van der Waals surface area contributed by atoms with Crippen LogP contribution in [-0.4, -0.2) is 19.0 Å². The van der Waals surface area contributed by atoms with E-state index in [2.05, 4.69) is 36.3 Å². The van der Waals surface area contributed by atoms with Gasteiger partial charge in [0.05, 0.1) is 0 Å². The zero-order chi connectivity index (χ0) is 10.6. The van der Waals surface area contributed by atoms with Crippen molar-refractivity contribution in [3.63, 3.8) is 0 Å². The van der Waals surface area contributed by atoms with E-state index in [1.807, 2.05) is 11.3 Å². The van der Waals surface area contributed by atoms with Crippen LogP contribution in [0.3, 0.4) is 0 Å². The summed E-state index contributed by atoms with van der Waals surface area (Å²) in [7, 11) is 1.68. The molecule has 0 saturated carbocycles. The molecular weight excluding hydrogens is 321 g/mol. The fourth-order valence-corrected chi connectivity index (χ4v) is 2.28. The molecule has 15 heavy (non-hydrogen) atoms. The first-order valence-corrected chi connectivity index (χ1v) is 5.47. The zero-order valence-corrected chi connectivity index (χ0v) is 12.4. The van der Waals surface area contributed by atoms with E-state index in [9.17, 15) is 0 Å². The molecule has 0 saturated heterocycles. The molecule has 3 nitrogen and oxygen atoms in total. The van der Waals surface area contributed by atoms with Crippen LogP contribution in [0.15, 0.2) is 17.1 Å². The summed E-state index contributed by atoms with van der Waals surface area (Å²) in [5, 5.41) is 3.12. The molecule has 1 aromatic rings. The third-order valence-corrected chi connectivity index (χ3v) is 2.96. The molecule has 0 aliphatic carbocycles. The van der Waals surface area contributed by atoms with Crippen molar-refractivity contribution in [1.29, 1.82) is 0 Å². The van der Waals surface area contributed by atoms with Crippen molar-refractivity contribution < 1.29 is 0 Å². The highest BCUT2D eigenvalue weighted by molar-refractivity contribution is 14.0. The predicted molar refractivity (Wildman–Crippen MR) is 78.3 cm³/mol. The molecule has 0 aromatic carbocycles. The lowest BCUT2D eigenvalue weighted by Gasteiger charge is -2.12. The summed E-state index contributed by atoms with van der Waals surface area (Å²) in [6.45, 7) is 4.22. The van der Waals surface area contributed by atoms with Gasteiger partial charge < -0.3 is 11.1 Å². The molecule has 0 bridgehead atoms. The number of hydrogen-bond acceptors (Lipinski definition) is 2. The number of thiophene rings is 1. The van der Waals surface area contributed by atoms with E-state index in [-0.39, 0.29) is 24.0 Å². The number of nitrogens with zero attached hydrogens (tertiary/aromatic N) is 1. The Labute approximate surface area is 112 Å². The van der Waals surface area contributed by atoms with E-state index in [0.717, 1.165) is 6.42 Å². The van der Waals surface area contributed by atoms with Gasteiger partial charge in [-0.15, -0.1) is 35.3 Å². The first-order valence-electron chi connectivity index (χ1n) is 4.66. The highest BCUT2D eigenvalue weighted by Crippen LogP contribution is 2.16. The number of halogens is 1. The van der Waals surface area contributed by atoms with Crippen molar-refractivity contribution in [2.24, 2.45) is 10.7 Å². The Morgan fingerprint density at radius 2 is 2.27 bits per heavy atom. The van der Waals surface area contributed by atoms with Crippen LogP contribution >= 0.6 is 35.3 Å². The monoisotopic (exact) mass is 339 g/mol. The molecule has 3 N–H and O–H groups in total. The second kappa shape index (κ2) is 7.05. The average Bonchev–Trinajstić information content (AvgIpc) is 2.50. The van der Waals surface area contributed by atoms with Crippen LogP contribution in [0, 0.1) is 6.92 Å². The fraction of sp³-hybridized carbons (Fsp3) is 0.500. The Kier molecular flexibility index (Phi) is 6.91. The largest absolute Gasteiger partial charge is 0.370 e. The molecule has 1 unspecified atom stereocenters. The Morgan fingerprint density at radius 3 is 2.73 bits per heavy atom. The third-order valence-electron chi connectivity index (χ3n) is 1.94. The molecule has 1 aromatic heterocycles. The number of aliphatic imine (C=N–C) groups is 1. The molecule has 0 aliphatic rings. The maximum absolute atomic E-state index is 5.58. The minimum absolute atomic E-state index is 0. The molecule has 0 aliphatic heterocycles. The van der Waals surface area contributed by atoms with Crippen LogP contribution < -0.4 is 11.1 Å². The molecule has 1 atom stereocenters. The van der Waals surface area contributed by atoms with Crippen molar-refractivity contribution in [2.75, 3.05) is 7.05 Å². The van der Waals surface area contributed by atoms with Gasteiger partial charge in [-0.25, -0.2) is 0 Å². The summed E-state index contributed by atoms with van der Waals surface area (Å²) in [5.41, 5.74) is 5.58. The summed E-state index contributed by atoms with van der Waals surface area (Å²) in [6.07, 6.45) is 0.995. The summed E-state index contributed by atoms with van der Waals surface area (Å²) in [6, 6.07) is 4.64. The SMILES string of the molecule is CN=C(N)NC(C)Cc1ccc(C)s1.I. The normalized spacial score (nSPS) is 13.1. The maximum atomic E-state index is 5.58. The van der Waals surface area contributed by atoms with Gasteiger partial charge >= 0.3 is 0 Å². The number of aryl methyl sites for hydroxylation is 1. The molecule has 1 rings (SSSR count). The Hall–Kier alpha value is -0.300. The van der Waals surface area contributed by atoms with Crippen molar-refractivity contribution in [2.45, 2.75) is 26.3 Å². The molecule has 86 valence electrons. The van der Waals surface area contributed by atoms with Crippen molar-refractivity contribution in [1.82, 2.24) is 5.32 Å². The van der Waals surface area contributed by atoms with Gasteiger partial charge in [0.25, 0.3) is 0 Å². The van der Waals surface area contributed by atoms with Gasteiger partial charge in [0.1, 0.15) is 0 Å². The summed E-state index contributed by atoms with van der Waals surface area (Å²) < 4.78 is 0. The van der Waals surface area contributed by atoms with Gasteiger partial charge in [-0.2, -0.15) is 0 Å². The van der Waals surface area contributed by atoms with E-state index in [0.29, 0.717) is 12.0 Å². The van der Waals surface area contributed by atoms with E-state index in [1.165, 1.54) is 9.75 Å². The average molecular weight is 339 g/mol. The first kappa shape index (κ1) is 14.7. The Bertz CT molecular complexity index is 322. The van der Waals surface area contributed by atoms with Gasteiger partial charge in [0, 0.05) is 29.3 Å². The number of rotatable bonds is 3. The zero-order valence-electron chi connectivity index (χ0n) is 9.28. The summed E-state index contributed by atoms with van der Waals surface area (Å²) >= 11 is 1.83. The number of guanidine groups is 1. The van der Waals surface area contributed by atoms with Crippen molar-refractivity contribution >= 4 is 41.3 Å². The lowest BCUT2D eigenvalue weighted by Crippen LogP contribution is -2.39. The minimum atomic E-state index is 0. The highest BCUT2D eigenvalue weighted by Gasteiger charge is 2.05. The molecule has 5 heteroatoms. The van der Waals surface area contributed by atoms with Gasteiger partial charge in [-0.3, -0.25) is 4.99 Å². The van der Waals surface area contributed by atoms with Crippen molar-refractivity contribution in [3.8, 4) is 0 Å². The lowest BCUT2D eigenvalue weighted by atomic mass is 10.2. The minimum Gasteiger partial charge on any atom is -0.370 e. The second-order valence-electron chi connectivity index (χ2n) is 3.37. The van der Waals surface area contributed by atoms with Gasteiger partial charge in [-0.05, 0) is 26.0 Å². The molecule has 0 spiro atoms. The van der Waals surface area contributed by atoms with Crippen LogP contribution in [0.2, 0.25) is 0 Å². The fourth-order valence-electron chi connectivity index (χ4n) is 1.26. The van der Waals surface area contributed by atoms with Crippen LogP contribution in [0.25, 0.3) is 0 Å². The van der Waals surface area contributed by atoms with E-state index >= 15 is 0 Å². The predicted octanol–water partition coefficient (Wildman–Crippen LogP) is 2.14. The van der Waals surface area contributed by atoms with Crippen LogP contribution in [0.5, 0.6) is 0 Å². The second-order valence-corrected chi connectivity index (χ2v) is 4.74. The number of hydrogen-bond donors (Lipinski definition) is 2. The van der Waals surface area contributed by atoms with Crippen LogP contribution in [0.4, 0.5) is 0 Å². The van der Waals surface area contributed by atoms with Gasteiger partial charge in [-0.1, -0.05) is 0 Å². The van der Waals surface area contributed by atoms with E-state index in [4.69, 9.17) is 5.73 Å².